The summed E-state index contributed by atoms with van der Waals surface area (Å²) < 4.78 is 11.3. The molecule has 2 heterocycles. The number of anilines is 2. The average Bonchev–Trinajstić information content (AvgIpc) is 3.37. The van der Waals surface area contributed by atoms with E-state index in [0.29, 0.717) is 93.8 Å². The van der Waals surface area contributed by atoms with Gasteiger partial charge in [-0.3, -0.25) is 19.7 Å². The summed E-state index contributed by atoms with van der Waals surface area (Å²) in [5.74, 6) is 0.560. The predicted molar refractivity (Wildman–Crippen MR) is 276 cm³/mol. The maximum atomic E-state index is 12.9. The number of amides is 3. The van der Waals surface area contributed by atoms with E-state index < -0.39 is 6.09 Å². The van der Waals surface area contributed by atoms with Crippen molar-refractivity contribution in [2.24, 2.45) is 0 Å². The van der Waals surface area contributed by atoms with Crippen molar-refractivity contribution in [2.75, 3.05) is 57.5 Å². The second-order valence-corrected chi connectivity index (χ2v) is 14.9. The first-order valence-corrected chi connectivity index (χ1v) is 24.3. The van der Waals surface area contributed by atoms with Gasteiger partial charge in [-0.1, -0.05) is 116 Å². The van der Waals surface area contributed by atoms with Gasteiger partial charge in [-0.15, -0.1) is 0 Å². The predicted octanol–water partition coefficient (Wildman–Crippen LogP) is 11.0. The zero-order valence-corrected chi connectivity index (χ0v) is 41.8. The minimum atomic E-state index is -0.462. The fraction of sp³-hybridized carbons (Fsp3) is 0.444. The molecule has 0 radical (unpaired) electrons. The summed E-state index contributed by atoms with van der Waals surface area (Å²) in [5, 5.41) is 20.2. The number of para-hydroxylation sites is 1. The fourth-order valence-corrected chi connectivity index (χ4v) is 7.34. The summed E-state index contributed by atoms with van der Waals surface area (Å²) in [7, 11) is 3.37. The second-order valence-electron chi connectivity index (χ2n) is 14.9. The number of unbranched alkanes of at least 4 members (excludes halogenated alkanes) is 1. The van der Waals surface area contributed by atoms with Crippen molar-refractivity contribution in [1.82, 2.24) is 20.1 Å². The van der Waals surface area contributed by atoms with E-state index in [9.17, 15) is 24.3 Å². The van der Waals surface area contributed by atoms with Crippen molar-refractivity contribution in [3.8, 4) is 22.6 Å². The van der Waals surface area contributed by atoms with Gasteiger partial charge < -0.3 is 40.0 Å². The average molecular weight is 923 g/mol. The lowest BCUT2D eigenvalue weighted by Gasteiger charge is -2.31. The van der Waals surface area contributed by atoms with Gasteiger partial charge in [0.05, 0.1) is 24.0 Å². The van der Waals surface area contributed by atoms with Crippen LogP contribution >= 0.6 is 0 Å². The number of ether oxygens (including phenoxy) is 2. The van der Waals surface area contributed by atoms with E-state index in [2.05, 4.69) is 25.8 Å². The molecule has 6 rings (SSSR count). The Kier molecular flexibility index (Phi) is 27.6. The monoisotopic (exact) mass is 923 g/mol. The highest BCUT2D eigenvalue weighted by Gasteiger charge is 2.24. The number of aromatic amines is 1. The summed E-state index contributed by atoms with van der Waals surface area (Å²) in [6.07, 6.45) is 3.54. The van der Waals surface area contributed by atoms with Crippen LogP contribution in [0.4, 0.5) is 16.2 Å². The smallest absolute Gasteiger partial charge is 0.411 e. The van der Waals surface area contributed by atoms with Crippen LogP contribution in [0.2, 0.25) is 0 Å². The number of nitrogens with one attached hydrogen (secondary N) is 4. The number of aromatic nitrogens is 1. The minimum Gasteiger partial charge on any atom is -0.506 e. The lowest BCUT2D eigenvalue weighted by atomic mass is 10.0. The Bertz CT molecular complexity index is 2260. The lowest BCUT2D eigenvalue weighted by Crippen LogP contribution is -2.40. The maximum absolute atomic E-state index is 12.9. The molecule has 366 valence electrons. The number of fused-ring (bicyclic) bond motifs is 1. The third-order valence-corrected chi connectivity index (χ3v) is 10.7. The van der Waals surface area contributed by atoms with Crippen molar-refractivity contribution in [1.29, 1.82) is 0 Å². The van der Waals surface area contributed by atoms with Gasteiger partial charge in [-0.2, -0.15) is 0 Å². The molecule has 0 spiro atoms. The molecular weight excluding hydrogens is 845 g/mol. The van der Waals surface area contributed by atoms with Crippen LogP contribution < -0.4 is 26.2 Å². The first-order chi connectivity index (χ1) is 32.7. The number of H-pyrrole nitrogens is 1. The van der Waals surface area contributed by atoms with Crippen LogP contribution in [-0.4, -0.2) is 90.8 Å². The second kappa shape index (κ2) is 32.5. The molecular formula is C54H78N6O7. The Labute approximate surface area is 399 Å². The van der Waals surface area contributed by atoms with E-state index >= 15 is 0 Å². The Morgan fingerprint density at radius 1 is 0.791 bits per heavy atom. The number of phenolic OH excluding ortho intramolecular Hbond substituents is 1. The first-order valence-electron chi connectivity index (χ1n) is 24.3. The molecule has 1 saturated heterocycles. The molecule has 0 aliphatic carbocycles. The fourth-order valence-electron chi connectivity index (χ4n) is 7.34. The van der Waals surface area contributed by atoms with Crippen LogP contribution in [-0.2, 0) is 27.3 Å². The summed E-state index contributed by atoms with van der Waals surface area (Å²) in [4.78, 5) is 56.8. The van der Waals surface area contributed by atoms with Gasteiger partial charge in [-0.05, 0) is 85.7 Å². The van der Waals surface area contributed by atoms with Gasteiger partial charge in [-0.25, -0.2) is 4.79 Å². The van der Waals surface area contributed by atoms with Crippen LogP contribution in [0.25, 0.3) is 22.0 Å². The summed E-state index contributed by atoms with van der Waals surface area (Å²) in [5.41, 5.74) is 5.44. The molecule has 0 atom stereocenters. The summed E-state index contributed by atoms with van der Waals surface area (Å²) in [6.45, 7) is 20.0. The first kappa shape index (κ1) is 56.9. The van der Waals surface area contributed by atoms with Crippen LogP contribution in [0.15, 0.2) is 102 Å². The molecule has 0 saturated carbocycles. The highest BCUT2D eigenvalue weighted by atomic mass is 16.6. The number of hydrogen-bond donors (Lipinski definition) is 5. The number of rotatable bonds is 18. The highest BCUT2D eigenvalue weighted by Crippen LogP contribution is 2.29. The van der Waals surface area contributed by atoms with Gasteiger partial charge in [0.25, 0.3) is 0 Å². The molecule has 4 aromatic carbocycles. The summed E-state index contributed by atoms with van der Waals surface area (Å²) >= 11 is 0. The van der Waals surface area contributed by atoms with Crippen LogP contribution in [0.1, 0.15) is 105 Å². The molecule has 67 heavy (non-hydrogen) atoms. The Hall–Kier alpha value is -6.18. The van der Waals surface area contributed by atoms with Gasteiger partial charge in [0.1, 0.15) is 17.6 Å². The largest absolute Gasteiger partial charge is 0.506 e. The molecule has 1 aliphatic rings. The Balaban J connectivity index is 0.00000183. The number of carbonyl (C=O) groups excluding carboxylic acids is 3. The number of hydrogen-bond acceptors (Lipinski definition) is 9. The number of phenols is 1. The number of benzene rings is 4. The van der Waals surface area contributed by atoms with E-state index in [4.69, 9.17) is 9.47 Å². The highest BCUT2D eigenvalue weighted by molar-refractivity contribution is 5.93. The van der Waals surface area contributed by atoms with E-state index in [0.717, 1.165) is 40.7 Å². The van der Waals surface area contributed by atoms with Crippen molar-refractivity contribution in [2.45, 2.75) is 113 Å². The van der Waals surface area contributed by atoms with Crippen molar-refractivity contribution in [3.05, 3.63) is 119 Å². The third-order valence-electron chi connectivity index (χ3n) is 10.7. The number of pyridine rings is 1. The molecule has 1 aromatic heterocycles. The summed E-state index contributed by atoms with van der Waals surface area (Å²) in [6, 6.07) is 29.9. The molecule has 0 bridgehead atoms. The van der Waals surface area contributed by atoms with E-state index in [1.165, 1.54) is 6.07 Å². The lowest BCUT2D eigenvalue weighted by molar-refractivity contribution is -0.130. The molecule has 5 N–H and O–H groups in total. The number of nitrogens with zero attached hydrogens (tertiary/aromatic N) is 2. The van der Waals surface area contributed by atoms with Crippen LogP contribution in [0, 0.1) is 0 Å². The molecule has 1 fully saturated rings. The Morgan fingerprint density at radius 3 is 2.18 bits per heavy atom. The number of piperidine rings is 1. The van der Waals surface area contributed by atoms with Gasteiger partial charge in [0, 0.05) is 69.6 Å². The molecule has 13 nitrogen and oxygen atoms in total. The molecule has 13 heteroatoms. The Morgan fingerprint density at radius 2 is 1.48 bits per heavy atom. The van der Waals surface area contributed by atoms with Crippen molar-refractivity contribution < 1.29 is 29.0 Å². The molecule has 0 unspecified atom stereocenters. The maximum Gasteiger partial charge on any atom is 0.411 e. The number of carbonyl (C=O) groups is 3. The van der Waals surface area contributed by atoms with E-state index in [1.54, 1.807) is 31.2 Å². The van der Waals surface area contributed by atoms with E-state index in [-0.39, 0.29) is 29.2 Å². The zero-order valence-electron chi connectivity index (χ0n) is 41.8. The van der Waals surface area contributed by atoms with Gasteiger partial charge >= 0.3 is 6.09 Å². The van der Waals surface area contributed by atoms with Gasteiger partial charge in [0.2, 0.25) is 17.4 Å². The topological polar surface area (TPSA) is 165 Å². The van der Waals surface area contributed by atoms with Crippen LogP contribution in [0.3, 0.4) is 0 Å². The number of aromatic hydroxyl groups is 1. The quantitative estimate of drug-likeness (QED) is 0.0538. The molecule has 3 amide bonds. The molecule has 1 aliphatic heterocycles. The number of likely N-dealkylation sites (tertiary alicyclic amines) is 1. The van der Waals surface area contributed by atoms with Gasteiger partial charge in [0.15, 0.2) is 0 Å². The molecule has 5 aromatic rings. The standard InChI is InChI=1S/C46H54N6O7.4C2H6/c1-51(44(56)24-29-52-27-22-35(23-28-52)59-46(57)49-38-13-7-6-12-36(38)33-10-4-3-5-11-33)26-9-8-14-42(54)48-39-18-15-32(30-41(39)58-2)31-47-25-21-34-16-19-40(53)45-37(34)17-20-43(55)50-45;4*1-2/h3-7,10-13,15-20,30,35,47,53H,8-9,14,21-29,31H2,1-2H3,(H,48,54)(H,49,57)(H,50,55);4*1-2H3. The van der Waals surface area contributed by atoms with Crippen molar-refractivity contribution >= 4 is 40.2 Å². The zero-order chi connectivity index (χ0) is 49.6. The van der Waals surface area contributed by atoms with Crippen molar-refractivity contribution in [3.63, 3.8) is 0 Å². The van der Waals surface area contributed by atoms with Crippen LogP contribution in [0.5, 0.6) is 11.5 Å². The minimum absolute atomic E-state index is 0.0447. The third kappa shape index (κ3) is 18.9. The SMILES string of the molecule is CC.CC.CC.CC.COc1cc(CNCCc2ccc(O)c3[nH]c(=O)ccc23)ccc1NC(=O)CCCCN(C)C(=O)CCN1CCC(OC(=O)Nc2ccccc2-c2ccccc2)CC1. The normalized spacial score (nSPS) is 12.0. The number of methoxy groups -OCH3 is 1. The van der Waals surface area contributed by atoms with E-state index in [1.807, 2.05) is 134 Å².